The lowest BCUT2D eigenvalue weighted by Crippen LogP contribution is -2.47. The molecule has 1 saturated carbocycles. The predicted octanol–water partition coefficient (Wildman–Crippen LogP) is 2.54. The van der Waals surface area contributed by atoms with Crippen molar-refractivity contribution in [3.63, 3.8) is 0 Å². The fourth-order valence-electron chi connectivity index (χ4n) is 3.69. The number of piperidine rings is 1. The maximum Gasteiger partial charge on any atom is 0.227 e. The van der Waals surface area contributed by atoms with Crippen LogP contribution >= 0.6 is 0 Å². The van der Waals surface area contributed by atoms with Crippen LogP contribution in [0, 0.1) is 11.3 Å². The fraction of sp³-hybridized carbons (Fsp3) is 0.933. The highest BCUT2D eigenvalue weighted by Gasteiger charge is 2.37. The summed E-state index contributed by atoms with van der Waals surface area (Å²) < 4.78 is 0. The molecule has 1 saturated heterocycles. The van der Waals surface area contributed by atoms with Crippen LogP contribution in [0.4, 0.5) is 0 Å². The number of carbonyl (C=O) groups is 1. The van der Waals surface area contributed by atoms with E-state index in [1.165, 1.54) is 25.7 Å². The van der Waals surface area contributed by atoms with Crippen molar-refractivity contribution in [2.75, 3.05) is 13.1 Å². The van der Waals surface area contributed by atoms with Gasteiger partial charge in [0.1, 0.15) is 0 Å². The Hall–Kier alpha value is -0.570. The van der Waals surface area contributed by atoms with Crippen LogP contribution in [-0.4, -0.2) is 29.9 Å². The molecular weight excluding hydrogens is 224 g/mol. The zero-order valence-electron chi connectivity index (χ0n) is 12.0. The van der Waals surface area contributed by atoms with E-state index in [1.807, 2.05) is 0 Å². The van der Waals surface area contributed by atoms with Crippen LogP contribution in [-0.2, 0) is 4.79 Å². The minimum atomic E-state index is 0.112. The smallest absolute Gasteiger partial charge is 0.227 e. The lowest BCUT2D eigenvalue weighted by Gasteiger charge is -2.42. The molecule has 1 heterocycles. The summed E-state index contributed by atoms with van der Waals surface area (Å²) in [7, 11) is 0. The van der Waals surface area contributed by atoms with Gasteiger partial charge in [0.05, 0.1) is 5.92 Å². The number of hydrogen-bond acceptors (Lipinski definition) is 2. The molecule has 2 unspecified atom stereocenters. The predicted molar refractivity (Wildman–Crippen MR) is 74.1 cm³/mol. The van der Waals surface area contributed by atoms with Crippen LogP contribution in [0.15, 0.2) is 0 Å². The largest absolute Gasteiger partial charge is 0.342 e. The number of likely N-dealkylation sites (tertiary alicyclic amines) is 1. The van der Waals surface area contributed by atoms with Gasteiger partial charge in [0.2, 0.25) is 5.91 Å². The molecule has 0 aromatic rings. The molecule has 0 radical (unpaired) electrons. The number of nitrogens with two attached hydrogens (primary N) is 1. The molecule has 2 fully saturated rings. The van der Waals surface area contributed by atoms with Gasteiger partial charge in [-0.2, -0.15) is 0 Å². The SMILES string of the molecule is CCC1(CC)CCN(C(=O)C2CCCC2N)CC1. The van der Waals surface area contributed by atoms with Crippen molar-refractivity contribution in [3.05, 3.63) is 0 Å². The number of hydrogen-bond donors (Lipinski definition) is 1. The fourth-order valence-corrected chi connectivity index (χ4v) is 3.69. The summed E-state index contributed by atoms with van der Waals surface area (Å²) in [4.78, 5) is 14.5. The monoisotopic (exact) mass is 252 g/mol. The lowest BCUT2D eigenvalue weighted by atomic mass is 9.74. The quantitative estimate of drug-likeness (QED) is 0.839. The van der Waals surface area contributed by atoms with E-state index in [1.54, 1.807) is 0 Å². The molecule has 2 aliphatic rings. The second-order valence-electron chi connectivity index (χ2n) is 6.23. The van der Waals surface area contributed by atoms with E-state index in [-0.39, 0.29) is 12.0 Å². The van der Waals surface area contributed by atoms with Crippen LogP contribution in [0.3, 0.4) is 0 Å². The topological polar surface area (TPSA) is 46.3 Å². The van der Waals surface area contributed by atoms with Gasteiger partial charge >= 0.3 is 0 Å². The summed E-state index contributed by atoms with van der Waals surface area (Å²) in [6.45, 7) is 6.47. The van der Waals surface area contributed by atoms with Crippen molar-refractivity contribution in [2.24, 2.45) is 17.1 Å². The molecule has 2 rings (SSSR count). The molecule has 104 valence electrons. The zero-order valence-corrected chi connectivity index (χ0v) is 12.0. The molecule has 0 aromatic carbocycles. The van der Waals surface area contributed by atoms with E-state index in [4.69, 9.17) is 5.73 Å². The van der Waals surface area contributed by atoms with Gasteiger partial charge in [0, 0.05) is 19.1 Å². The van der Waals surface area contributed by atoms with Crippen LogP contribution in [0.1, 0.15) is 58.8 Å². The first-order valence-corrected chi connectivity index (χ1v) is 7.66. The highest BCUT2D eigenvalue weighted by molar-refractivity contribution is 5.80. The Morgan fingerprint density at radius 3 is 2.28 bits per heavy atom. The summed E-state index contributed by atoms with van der Waals surface area (Å²) in [5, 5.41) is 0. The molecule has 3 nitrogen and oxygen atoms in total. The van der Waals surface area contributed by atoms with Crippen molar-refractivity contribution in [1.82, 2.24) is 4.90 Å². The molecule has 2 N–H and O–H groups in total. The molecule has 0 spiro atoms. The molecule has 1 aliphatic carbocycles. The van der Waals surface area contributed by atoms with Crippen LogP contribution < -0.4 is 5.73 Å². The highest BCUT2D eigenvalue weighted by Crippen LogP contribution is 2.38. The first-order valence-electron chi connectivity index (χ1n) is 7.66. The van der Waals surface area contributed by atoms with Crippen molar-refractivity contribution in [1.29, 1.82) is 0 Å². The van der Waals surface area contributed by atoms with Crippen LogP contribution in [0.5, 0.6) is 0 Å². The maximum absolute atomic E-state index is 12.4. The maximum atomic E-state index is 12.4. The van der Waals surface area contributed by atoms with Crippen molar-refractivity contribution < 1.29 is 4.79 Å². The summed E-state index contributed by atoms with van der Waals surface area (Å²) in [6, 6.07) is 0.113. The highest BCUT2D eigenvalue weighted by atomic mass is 16.2. The normalized spacial score (nSPS) is 31.6. The molecule has 0 aromatic heterocycles. The summed E-state index contributed by atoms with van der Waals surface area (Å²) in [5.41, 5.74) is 6.54. The molecule has 3 heteroatoms. The van der Waals surface area contributed by atoms with Gasteiger partial charge in [-0.05, 0) is 31.1 Å². The van der Waals surface area contributed by atoms with Crippen molar-refractivity contribution in [3.8, 4) is 0 Å². The Morgan fingerprint density at radius 2 is 1.83 bits per heavy atom. The summed E-state index contributed by atoms with van der Waals surface area (Å²) in [5.74, 6) is 0.446. The Labute approximate surface area is 111 Å². The van der Waals surface area contributed by atoms with Gasteiger partial charge in [-0.25, -0.2) is 0 Å². The van der Waals surface area contributed by atoms with E-state index in [9.17, 15) is 4.79 Å². The molecule has 0 bridgehead atoms. The Kier molecular flexibility index (Phi) is 4.31. The van der Waals surface area contributed by atoms with Crippen molar-refractivity contribution >= 4 is 5.91 Å². The lowest BCUT2D eigenvalue weighted by molar-refractivity contribution is -0.138. The Balaban J connectivity index is 1.91. The number of carbonyl (C=O) groups excluding carboxylic acids is 1. The van der Waals surface area contributed by atoms with Gasteiger partial charge in [0.15, 0.2) is 0 Å². The Bertz CT molecular complexity index is 289. The average molecular weight is 252 g/mol. The van der Waals surface area contributed by atoms with Gasteiger partial charge in [-0.1, -0.05) is 33.1 Å². The standard InChI is InChI=1S/C15H28N2O/c1-3-15(4-2)8-10-17(11-9-15)14(18)12-6-5-7-13(12)16/h12-13H,3-11,16H2,1-2H3. The minimum Gasteiger partial charge on any atom is -0.342 e. The second-order valence-corrected chi connectivity index (χ2v) is 6.23. The van der Waals surface area contributed by atoms with E-state index in [0.29, 0.717) is 11.3 Å². The summed E-state index contributed by atoms with van der Waals surface area (Å²) >= 11 is 0. The number of rotatable bonds is 3. The third-order valence-corrected chi connectivity index (χ3v) is 5.52. The van der Waals surface area contributed by atoms with E-state index in [2.05, 4.69) is 18.7 Å². The average Bonchev–Trinajstić information content (AvgIpc) is 2.84. The minimum absolute atomic E-state index is 0.112. The Morgan fingerprint density at radius 1 is 1.22 bits per heavy atom. The third kappa shape index (κ3) is 2.56. The van der Waals surface area contributed by atoms with Crippen LogP contribution in [0.2, 0.25) is 0 Å². The van der Waals surface area contributed by atoms with Gasteiger partial charge in [-0.3, -0.25) is 4.79 Å². The number of nitrogens with zero attached hydrogens (tertiary/aromatic N) is 1. The third-order valence-electron chi connectivity index (χ3n) is 5.52. The first-order chi connectivity index (χ1) is 8.62. The van der Waals surface area contributed by atoms with Gasteiger partial charge in [0.25, 0.3) is 0 Å². The molecule has 1 amide bonds. The summed E-state index contributed by atoms with van der Waals surface area (Å²) in [6.07, 6.45) is 7.99. The molecule has 18 heavy (non-hydrogen) atoms. The van der Waals surface area contributed by atoms with E-state index >= 15 is 0 Å². The zero-order chi connectivity index (χ0) is 13.2. The molecule has 1 aliphatic heterocycles. The number of amides is 1. The van der Waals surface area contributed by atoms with Crippen LogP contribution in [0.25, 0.3) is 0 Å². The van der Waals surface area contributed by atoms with E-state index in [0.717, 1.165) is 32.4 Å². The van der Waals surface area contributed by atoms with Gasteiger partial charge < -0.3 is 10.6 Å². The molecular formula is C15H28N2O. The first kappa shape index (κ1) is 13.9. The second kappa shape index (κ2) is 5.60. The van der Waals surface area contributed by atoms with E-state index < -0.39 is 0 Å². The van der Waals surface area contributed by atoms with Gasteiger partial charge in [-0.15, -0.1) is 0 Å². The molecule has 2 atom stereocenters. The van der Waals surface area contributed by atoms with Crippen molar-refractivity contribution in [2.45, 2.75) is 64.8 Å².